The number of carbonyl (C=O) groups excluding carboxylic acids is 2. The van der Waals surface area contributed by atoms with Gasteiger partial charge in [-0.05, 0) is 44.4 Å². The Hall–Kier alpha value is -2.89. The molecule has 0 aromatic heterocycles. The van der Waals surface area contributed by atoms with Crippen LogP contribution in [0.5, 0.6) is 5.75 Å². The van der Waals surface area contributed by atoms with Crippen LogP contribution in [0.3, 0.4) is 0 Å². The molecule has 0 unspecified atom stereocenters. The van der Waals surface area contributed by atoms with E-state index in [4.69, 9.17) is 4.74 Å². The highest BCUT2D eigenvalue weighted by Crippen LogP contribution is 2.16. The summed E-state index contributed by atoms with van der Waals surface area (Å²) in [4.78, 5) is 26.9. The Balaban J connectivity index is 2.08. The number of para-hydroxylation sites is 1. The number of nitrogens with zero attached hydrogens (tertiary/aromatic N) is 1. The summed E-state index contributed by atoms with van der Waals surface area (Å²) in [6.07, 6.45) is 1.40. The molecular weight excluding hydrogens is 371 g/mol. The van der Waals surface area contributed by atoms with Crippen molar-refractivity contribution in [2.45, 2.75) is 45.7 Å². The average Bonchev–Trinajstić information content (AvgIpc) is 2.73. The van der Waals surface area contributed by atoms with Gasteiger partial charge in [-0.15, -0.1) is 0 Å². The van der Waals surface area contributed by atoms with Crippen molar-refractivity contribution >= 4 is 11.8 Å². The number of nitrogens with one attached hydrogen (secondary N) is 1. The predicted molar refractivity (Wildman–Crippen MR) is 111 cm³/mol. The molecule has 0 aliphatic heterocycles. The number of rotatable bonds is 10. The third-order valence-corrected chi connectivity index (χ3v) is 4.84. The maximum Gasteiger partial charge on any atom is 0.261 e. The van der Waals surface area contributed by atoms with Gasteiger partial charge in [0.15, 0.2) is 18.2 Å². The summed E-state index contributed by atoms with van der Waals surface area (Å²) in [5.74, 6) is -1.10. The van der Waals surface area contributed by atoms with Crippen molar-refractivity contribution in [1.82, 2.24) is 10.2 Å². The van der Waals surface area contributed by atoms with Crippen molar-refractivity contribution in [3.05, 3.63) is 66.0 Å². The van der Waals surface area contributed by atoms with Crippen LogP contribution >= 0.6 is 0 Å². The van der Waals surface area contributed by atoms with E-state index in [1.54, 1.807) is 19.1 Å². The van der Waals surface area contributed by atoms with Crippen LogP contribution in [0.2, 0.25) is 0 Å². The van der Waals surface area contributed by atoms with Gasteiger partial charge >= 0.3 is 0 Å². The lowest BCUT2D eigenvalue weighted by atomic mass is 10.1. The first-order valence-corrected chi connectivity index (χ1v) is 9.93. The molecule has 0 aliphatic rings. The first-order valence-electron chi connectivity index (χ1n) is 9.93. The molecule has 1 N–H and O–H groups in total. The topological polar surface area (TPSA) is 58.6 Å². The monoisotopic (exact) mass is 400 g/mol. The highest BCUT2D eigenvalue weighted by molar-refractivity contribution is 5.88. The second-order valence-corrected chi connectivity index (χ2v) is 7.04. The molecule has 2 atom stereocenters. The Labute approximate surface area is 171 Å². The van der Waals surface area contributed by atoms with Crippen LogP contribution in [0.25, 0.3) is 0 Å². The summed E-state index contributed by atoms with van der Waals surface area (Å²) in [6, 6.07) is 15.0. The molecule has 0 radical (unpaired) electrons. The smallest absolute Gasteiger partial charge is 0.261 e. The summed E-state index contributed by atoms with van der Waals surface area (Å²) < 4.78 is 19.1. The van der Waals surface area contributed by atoms with Crippen molar-refractivity contribution in [2.24, 2.45) is 0 Å². The number of halogens is 1. The Morgan fingerprint density at radius 1 is 1.07 bits per heavy atom. The highest BCUT2D eigenvalue weighted by atomic mass is 19.1. The SMILES string of the molecule is CC[C@H](C)NC(=O)[C@@H](C)N(CCc1ccccc1)C(=O)COc1ccccc1F. The van der Waals surface area contributed by atoms with Crippen LogP contribution in [0, 0.1) is 5.82 Å². The minimum atomic E-state index is -0.663. The van der Waals surface area contributed by atoms with E-state index in [2.05, 4.69) is 5.32 Å². The second-order valence-electron chi connectivity index (χ2n) is 7.04. The van der Waals surface area contributed by atoms with Gasteiger partial charge in [0.05, 0.1) is 0 Å². The molecule has 0 saturated heterocycles. The number of ether oxygens (including phenoxy) is 1. The van der Waals surface area contributed by atoms with Gasteiger partial charge in [0, 0.05) is 12.6 Å². The molecule has 2 amide bonds. The quantitative estimate of drug-likeness (QED) is 0.663. The van der Waals surface area contributed by atoms with E-state index in [-0.39, 0.29) is 30.2 Å². The van der Waals surface area contributed by atoms with Crippen LogP contribution in [0.1, 0.15) is 32.8 Å². The number of amides is 2. The molecule has 0 spiro atoms. The zero-order chi connectivity index (χ0) is 21.2. The molecule has 156 valence electrons. The summed E-state index contributed by atoms with van der Waals surface area (Å²) in [6.45, 7) is 5.62. The molecule has 29 heavy (non-hydrogen) atoms. The van der Waals surface area contributed by atoms with E-state index in [9.17, 15) is 14.0 Å². The maximum absolute atomic E-state index is 13.8. The predicted octanol–water partition coefficient (Wildman–Crippen LogP) is 3.58. The van der Waals surface area contributed by atoms with E-state index >= 15 is 0 Å². The van der Waals surface area contributed by atoms with Gasteiger partial charge in [-0.2, -0.15) is 0 Å². The summed E-state index contributed by atoms with van der Waals surface area (Å²) in [5.41, 5.74) is 1.06. The van der Waals surface area contributed by atoms with Gasteiger partial charge < -0.3 is 15.0 Å². The molecule has 2 aromatic carbocycles. The van der Waals surface area contributed by atoms with E-state index in [1.165, 1.54) is 17.0 Å². The van der Waals surface area contributed by atoms with Crippen molar-refractivity contribution in [2.75, 3.05) is 13.2 Å². The van der Waals surface area contributed by atoms with E-state index in [0.29, 0.717) is 13.0 Å². The van der Waals surface area contributed by atoms with Gasteiger partial charge in [0.1, 0.15) is 6.04 Å². The van der Waals surface area contributed by atoms with Crippen LogP contribution in [0.4, 0.5) is 4.39 Å². The van der Waals surface area contributed by atoms with E-state index < -0.39 is 11.9 Å². The molecule has 0 heterocycles. The molecule has 6 heteroatoms. The highest BCUT2D eigenvalue weighted by Gasteiger charge is 2.26. The molecule has 0 saturated carbocycles. The molecule has 0 fully saturated rings. The van der Waals surface area contributed by atoms with Crippen molar-refractivity contribution in [1.29, 1.82) is 0 Å². The Bertz CT molecular complexity index is 798. The van der Waals surface area contributed by atoms with Crippen LogP contribution < -0.4 is 10.1 Å². The first-order chi connectivity index (χ1) is 13.9. The van der Waals surface area contributed by atoms with Gasteiger partial charge in [0.25, 0.3) is 5.91 Å². The van der Waals surface area contributed by atoms with Crippen LogP contribution in [0.15, 0.2) is 54.6 Å². The Kier molecular flexibility index (Phi) is 8.65. The minimum Gasteiger partial charge on any atom is -0.481 e. The lowest BCUT2D eigenvalue weighted by Gasteiger charge is -2.29. The van der Waals surface area contributed by atoms with Crippen molar-refractivity contribution in [3.8, 4) is 5.75 Å². The summed E-state index contributed by atoms with van der Waals surface area (Å²) in [5, 5.41) is 2.91. The third kappa shape index (κ3) is 6.89. The van der Waals surface area contributed by atoms with Gasteiger partial charge in [-0.1, -0.05) is 49.4 Å². The number of hydrogen-bond donors (Lipinski definition) is 1. The lowest BCUT2D eigenvalue weighted by Crippen LogP contribution is -2.51. The summed E-state index contributed by atoms with van der Waals surface area (Å²) >= 11 is 0. The van der Waals surface area contributed by atoms with Gasteiger partial charge in [-0.25, -0.2) is 4.39 Å². The molecule has 2 rings (SSSR count). The number of carbonyl (C=O) groups is 2. The third-order valence-electron chi connectivity index (χ3n) is 4.84. The molecule has 0 bridgehead atoms. The second kappa shape index (κ2) is 11.2. The zero-order valence-corrected chi connectivity index (χ0v) is 17.2. The normalized spacial score (nSPS) is 12.7. The van der Waals surface area contributed by atoms with Crippen LogP contribution in [-0.2, 0) is 16.0 Å². The van der Waals surface area contributed by atoms with Crippen molar-refractivity contribution in [3.63, 3.8) is 0 Å². The fourth-order valence-electron chi connectivity index (χ4n) is 2.82. The van der Waals surface area contributed by atoms with E-state index in [0.717, 1.165) is 12.0 Å². The number of benzene rings is 2. The largest absolute Gasteiger partial charge is 0.481 e. The zero-order valence-electron chi connectivity index (χ0n) is 17.2. The van der Waals surface area contributed by atoms with Gasteiger partial charge in [-0.3, -0.25) is 9.59 Å². The fraction of sp³-hybridized carbons (Fsp3) is 0.391. The molecule has 2 aromatic rings. The number of hydrogen-bond acceptors (Lipinski definition) is 3. The average molecular weight is 400 g/mol. The maximum atomic E-state index is 13.8. The Morgan fingerprint density at radius 3 is 2.38 bits per heavy atom. The fourth-order valence-corrected chi connectivity index (χ4v) is 2.82. The summed E-state index contributed by atoms with van der Waals surface area (Å²) in [7, 11) is 0. The van der Waals surface area contributed by atoms with E-state index in [1.807, 2.05) is 44.2 Å². The van der Waals surface area contributed by atoms with Crippen LogP contribution in [-0.4, -0.2) is 41.9 Å². The standard InChI is InChI=1S/C23H29FN2O3/c1-4-17(2)25-23(28)18(3)26(15-14-19-10-6-5-7-11-19)22(27)16-29-21-13-9-8-12-20(21)24/h5-13,17-18H,4,14-16H2,1-3H3,(H,25,28)/t17-,18+/m0/s1. The lowest BCUT2D eigenvalue weighted by molar-refractivity contribution is -0.141. The molecule has 0 aliphatic carbocycles. The molecular formula is C23H29FN2O3. The minimum absolute atomic E-state index is 0.0144. The Morgan fingerprint density at radius 2 is 1.72 bits per heavy atom. The van der Waals surface area contributed by atoms with Crippen molar-refractivity contribution < 1.29 is 18.7 Å². The first kappa shape index (κ1) is 22.4. The van der Waals surface area contributed by atoms with Gasteiger partial charge in [0.2, 0.25) is 5.91 Å². The molecule has 5 nitrogen and oxygen atoms in total.